The van der Waals surface area contributed by atoms with E-state index in [0.717, 1.165) is 10.4 Å². The Kier molecular flexibility index (Phi) is 2.55. The molecule has 0 spiro atoms. The zero-order chi connectivity index (χ0) is 12.5. The zero-order valence-electron chi connectivity index (χ0n) is 9.62. The monoisotopic (exact) mass is 263 g/mol. The quantitative estimate of drug-likeness (QED) is 0.639. The molecule has 0 atom stereocenters. The van der Waals surface area contributed by atoms with Gasteiger partial charge in [-0.3, -0.25) is 5.10 Å². The molecule has 3 aromatic rings. The van der Waals surface area contributed by atoms with Gasteiger partial charge >= 0.3 is 0 Å². The van der Waals surface area contributed by atoms with Crippen molar-refractivity contribution in [2.24, 2.45) is 7.05 Å². The van der Waals surface area contributed by atoms with E-state index in [1.807, 2.05) is 0 Å². The van der Waals surface area contributed by atoms with Crippen molar-refractivity contribution in [1.82, 2.24) is 40.4 Å². The summed E-state index contributed by atoms with van der Waals surface area (Å²) in [6.07, 6.45) is 1.68. The molecule has 18 heavy (non-hydrogen) atoms. The van der Waals surface area contributed by atoms with E-state index >= 15 is 0 Å². The molecule has 92 valence electrons. The van der Waals surface area contributed by atoms with E-state index in [4.69, 9.17) is 0 Å². The zero-order valence-corrected chi connectivity index (χ0v) is 10.4. The maximum absolute atomic E-state index is 4.38. The van der Waals surface area contributed by atoms with E-state index in [2.05, 4.69) is 41.0 Å². The summed E-state index contributed by atoms with van der Waals surface area (Å²) in [7, 11) is 3.53. The van der Waals surface area contributed by atoms with Gasteiger partial charge in [-0.1, -0.05) is 0 Å². The SMILES string of the molecule is CNc1nc(Sc2nnnn2C)c2cn[nH]c2n1. The molecule has 0 aliphatic carbocycles. The molecule has 0 radical (unpaired) electrons. The minimum atomic E-state index is 0.518. The molecule has 0 aromatic carbocycles. The predicted octanol–water partition coefficient (Wildman–Crippen LogP) is 0.0693. The number of hydrogen-bond donors (Lipinski definition) is 2. The van der Waals surface area contributed by atoms with Crippen LogP contribution in [0.2, 0.25) is 0 Å². The number of rotatable bonds is 3. The first-order valence-electron chi connectivity index (χ1n) is 5.07. The first kappa shape index (κ1) is 10.9. The van der Waals surface area contributed by atoms with Gasteiger partial charge in [-0.05, 0) is 22.2 Å². The van der Waals surface area contributed by atoms with Crippen molar-refractivity contribution in [2.45, 2.75) is 10.2 Å². The van der Waals surface area contributed by atoms with Crippen molar-refractivity contribution in [3.05, 3.63) is 6.20 Å². The molecule has 0 aliphatic heterocycles. The smallest absolute Gasteiger partial charge is 0.225 e. The molecule has 0 fully saturated rings. The number of nitrogens with one attached hydrogen (secondary N) is 2. The molecule has 10 heteroatoms. The fraction of sp³-hybridized carbons (Fsp3) is 0.250. The van der Waals surface area contributed by atoms with E-state index in [0.29, 0.717) is 16.8 Å². The van der Waals surface area contributed by atoms with Crippen LogP contribution >= 0.6 is 11.8 Å². The van der Waals surface area contributed by atoms with Crippen LogP contribution in [0.3, 0.4) is 0 Å². The minimum absolute atomic E-state index is 0.518. The van der Waals surface area contributed by atoms with E-state index in [1.165, 1.54) is 11.8 Å². The van der Waals surface area contributed by atoms with Gasteiger partial charge in [0, 0.05) is 14.1 Å². The predicted molar refractivity (Wildman–Crippen MR) is 64.2 cm³/mol. The lowest BCUT2D eigenvalue weighted by Gasteiger charge is -2.03. The van der Waals surface area contributed by atoms with Gasteiger partial charge in [0.2, 0.25) is 11.1 Å². The first-order valence-corrected chi connectivity index (χ1v) is 5.88. The number of H-pyrrole nitrogens is 1. The maximum atomic E-state index is 4.38. The summed E-state index contributed by atoms with van der Waals surface area (Å²) in [5.41, 5.74) is 0.673. The highest BCUT2D eigenvalue weighted by Crippen LogP contribution is 2.29. The molecule has 2 N–H and O–H groups in total. The van der Waals surface area contributed by atoms with Crippen LogP contribution in [0.4, 0.5) is 5.95 Å². The van der Waals surface area contributed by atoms with Crippen LogP contribution in [-0.2, 0) is 7.05 Å². The molecule has 0 unspecified atom stereocenters. The van der Waals surface area contributed by atoms with Crippen LogP contribution in [0.15, 0.2) is 16.4 Å². The lowest BCUT2D eigenvalue weighted by atomic mass is 10.4. The van der Waals surface area contributed by atoms with E-state index in [1.54, 1.807) is 25.0 Å². The third-order valence-corrected chi connectivity index (χ3v) is 3.30. The molecule has 0 amide bonds. The summed E-state index contributed by atoms with van der Waals surface area (Å²) in [6, 6.07) is 0. The number of nitrogens with zero attached hydrogens (tertiary/aromatic N) is 7. The Balaban J connectivity index is 2.10. The van der Waals surface area contributed by atoms with Gasteiger partial charge in [-0.15, -0.1) is 5.10 Å². The Morgan fingerprint density at radius 1 is 1.39 bits per heavy atom. The van der Waals surface area contributed by atoms with Crippen LogP contribution in [-0.4, -0.2) is 47.4 Å². The third-order valence-electron chi connectivity index (χ3n) is 2.27. The van der Waals surface area contributed by atoms with Gasteiger partial charge in [0.15, 0.2) is 5.65 Å². The molecule has 0 bridgehead atoms. The largest absolute Gasteiger partial charge is 0.357 e. The minimum Gasteiger partial charge on any atom is -0.357 e. The topological polar surface area (TPSA) is 110 Å². The van der Waals surface area contributed by atoms with Gasteiger partial charge in [0.05, 0.1) is 11.6 Å². The van der Waals surface area contributed by atoms with Crippen LogP contribution in [0.25, 0.3) is 11.0 Å². The molecule has 3 heterocycles. The number of tetrazole rings is 1. The number of aryl methyl sites for hydroxylation is 1. The molecule has 0 saturated heterocycles. The van der Waals surface area contributed by atoms with E-state index in [-0.39, 0.29) is 0 Å². The molecule has 9 nitrogen and oxygen atoms in total. The molecular weight excluding hydrogens is 254 g/mol. The summed E-state index contributed by atoms with van der Waals surface area (Å²) >= 11 is 1.36. The van der Waals surface area contributed by atoms with Crippen molar-refractivity contribution in [3.63, 3.8) is 0 Å². The standard InChI is InChI=1S/C8H9N9S/c1-9-7-11-5-4(3-10-13-5)6(12-7)18-8-14-15-16-17(8)2/h3H,1-2H3,(H2,9,10,11,12,13). The highest BCUT2D eigenvalue weighted by atomic mass is 32.2. The van der Waals surface area contributed by atoms with Crippen molar-refractivity contribution in [2.75, 3.05) is 12.4 Å². The molecule has 0 aliphatic rings. The second-order valence-corrected chi connectivity index (χ2v) is 4.38. The molecular formula is C8H9N9S. The Labute approximate surface area is 105 Å². The average molecular weight is 263 g/mol. The second-order valence-electron chi connectivity index (χ2n) is 3.42. The number of fused-ring (bicyclic) bond motifs is 1. The normalized spacial score (nSPS) is 11.0. The summed E-state index contributed by atoms with van der Waals surface area (Å²) in [5.74, 6) is 0.518. The van der Waals surface area contributed by atoms with Crippen molar-refractivity contribution >= 4 is 28.7 Å². The van der Waals surface area contributed by atoms with E-state index in [9.17, 15) is 0 Å². The third kappa shape index (κ3) is 1.76. The summed E-state index contributed by atoms with van der Waals surface area (Å²) in [5, 5.41) is 23.2. The first-order chi connectivity index (χ1) is 8.78. The van der Waals surface area contributed by atoms with Gasteiger partial charge in [-0.25, -0.2) is 9.67 Å². The summed E-state index contributed by atoms with van der Waals surface area (Å²) in [6.45, 7) is 0. The molecule has 3 rings (SSSR count). The lowest BCUT2D eigenvalue weighted by Crippen LogP contribution is -1.99. The van der Waals surface area contributed by atoms with Gasteiger partial charge in [0.25, 0.3) is 0 Å². The maximum Gasteiger partial charge on any atom is 0.225 e. The lowest BCUT2D eigenvalue weighted by molar-refractivity contribution is 0.664. The van der Waals surface area contributed by atoms with Gasteiger partial charge in [-0.2, -0.15) is 10.1 Å². The van der Waals surface area contributed by atoms with Crippen molar-refractivity contribution in [1.29, 1.82) is 0 Å². The number of anilines is 1. The Bertz CT molecular complexity index is 687. The molecule has 3 aromatic heterocycles. The Morgan fingerprint density at radius 3 is 3.00 bits per heavy atom. The van der Waals surface area contributed by atoms with Crippen LogP contribution in [0.5, 0.6) is 0 Å². The van der Waals surface area contributed by atoms with Gasteiger partial charge < -0.3 is 5.32 Å². The summed E-state index contributed by atoms with van der Waals surface area (Å²) < 4.78 is 1.58. The number of aromatic amines is 1. The highest BCUT2D eigenvalue weighted by Gasteiger charge is 2.13. The fourth-order valence-electron chi connectivity index (χ4n) is 1.39. The van der Waals surface area contributed by atoms with Crippen LogP contribution in [0, 0.1) is 0 Å². The Morgan fingerprint density at radius 2 is 2.28 bits per heavy atom. The number of aromatic nitrogens is 8. The summed E-state index contributed by atoms with van der Waals surface area (Å²) in [4.78, 5) is 8.63. The second kappa shape index (κ2) is 4.22. The van der Waals surface area contributed by atoms with Crippen LogP contribution < -0.4 is 5.32 Å². The highest BCUT2D eigenvalue weighted by molar-refractivity contribution is 7.99. The average Bonchev–Trinajstić information content (AvgIpc) is 2.98. The van der Waals surface area contributed by atoms with Gasteiger partial charge in [0.1, 0.15) is 5.03 Å². The van der Waals surface area contributed by atoms with E-state index < -0.39 is 0 Å². The number of hydrogen-bond acceptors (Lipinski definition) is 8. The van der Waals surface area contributed by atoms with Crippen molar-refractivity contribution in [3.8, 4) is 0 Å². The van der Waals surface area contributed by atoms with Crippen LogP contribution in [0.1, 0.15) is 0 Å². The molecule has 0 saturated carbocycles. The fourth-order valence-corrected chi connectivity index (χ4v) is 2.20. The Hall–Kier alpha value is -2.23. The van der Waals surface area contributed by atoms with Crippen molar-refractivity contribution < 1.29 is 0 Å².